The summed E-state index contributed by atoms with van der Waals surface area (Å²) in [6, 6.07) is 0.643. The lowest BCUT2D eigenvalue weighted by Gasteiger charge is -2.23. The lowest BCUT2D eigenvalue weighted by atomic mass is 10.5. The predicted octanol–water partition coefficient (Wildman–Crippen LogP) is 0.980. The van der Waals surface area contributed by atoms with E-state index in [0.717, 1.165) is 0 Å². The molecule has 0 saturated heterocycles. The standard InChI is InChI=1S/C8H18O5Si.H3N/c1-8(9)13-6-5-7-14(10-2,11-3)12-4;/h5-7H2,1-4H3;1H3. The lowest BCUT2D eigenvalue weighted by Crippen LogP contribution is -2.42. The van der Waals surface area contributed by atoms with Crippen molar-refractivity contribution in [2.45, 2.75) is 19.4 Å². The monoisotopic (exact) mass is 239 g/mol. The minimum atomic E-state index is -2.48. The second-order valence-electron chi connectivity index (χ2n) is 2.74. The van der Waals surface area contributed by atoms with Gasteiger partial charge in [0.25, 0.3) is 0 Å². The van der Waals surface area contributed by atoms with E-state index in [0.29, 0.717) is 19.1 Å². The Hall–Kier alpha value is -0.473. The molecule has 0 aromatic heterocycles. The predicted molar refractivity (Wildman–Crippen MR) is 57.9 cm³/mol. The quantitative estimate of drug-likeness (QED) is 0.404. The largest absolute Gasteiger partial charge is 0.500 e. The molecule has 0 saturated carbocycles. The molecule has 0 aliphatic carbocycles. The maximum absolute atomic E-state index is 10.5. The molecule has 0 unspecified atom stereocenters. The Bertz CT molecular complexity index is 166. The summed E-state index contributed by atoms with van der Waals surface area (Å²) < 4.78 is 20.4. The Kier molecular flexibility index (Phi) is 9.94. The van der Waals surface area contributed by atoms with Crippen LogP contribution in [0.15, 0.2) is 0 Å². The van der Waals surface area contributed by atoms with Gasteiger partial charge in [0, 0.05) is 34.3 Å². The van der Waals surface area contributed by atoms with Crippen molar-refractivity contribution in [3.8, 4) is 0 Å². The van der Waals surface area contributed by atoms with Gasteiger partial charge in [-0.1, -0.05) is 0 Å². The second kappa shape index (κ2) is 8.80. The topological polar surface area (TPSA) is 89.0 Å². The Morgan fingerprint density at radius 3 is 1.93 bits per heavy atom. The summed E-state index contributed by atoms with van der Waals surface area (Å²) >= 11 is 0. The molecule has 6 nitrogen and oxygen atoms in total. The van der Waals surface area contributed by atoms with Crippen LogP contribution in [-0.2, 0) is 22.8 Å². The van der Waals surface area contributed by atoms with Crippen molar-refractivity contribution in [3.05, 3.63) is 0 Å². The van der Waals surface area contributed by atoms with Crippen LogP contribution >= 0.6 is 0 Å². The molecule has 7 heteroatoms. The van der Waals surface area contributed by atoms with Gasteiger partial charge < -0.3 is 24.2 Å². The fourth-order valence-electron chi connectivity index (χ4n) is 1.06. The first kappa shape index (κ1) is 16.9. The fraction of sp³-hybridized carbons (Fsp3) is 0.875. The van der Waals surface area contributed by atoms with E-state index in [1.54, 1.807) is 21.3 Å². The van der Waals surface area contributed by atoms with Crippen molar-refractivity contribution in [2.24, 2.45) is 0 Å². The highest BCUT2D eigenvalue weighted by Gasteiger charge is 2.36. The van der Waals surface area contributed by atoms with Gasteiger partial charge in [-0.2, -0.15) is 0 Å². The minimum absolute atomic E-state index is 0. The number of carbonyl (C=O) groups is 1. The molecule has 92 valence electrons. The molecule has 0 amide bonds. The van der Waals surface area contributed by atoms with E-state index >= 15 is 0 Å². The Labute approximate surface area is 91.8 Å². The van der Waals surface area contributed by atoms with Gasteiger partial charge >= 0.3 is 14.8 Å². The molecule has 0 radical (unpaired) electrons. The van der Waals surface area contributed by atoms with Crippen LogP contribution in [0.4, 0.5) is 0 Å². The molecule has 15 heavy (non-hydrogen) atoms. The number of esters is 1. The summed E-state index contributed by atoms with van der Waals surface area (Å²) in [6.45, 7) is 1.76. The first-order valence-electron chi connectivity index (χ1n) is 4.39. The molecule has 0 spiro atoms. The molecule has 0 aliphatic rings. The maximum Gasteiger partial charge on any atom is 0.500 e. The van der Waals surface area contributed by atoms with E-state index in [1.165, 1.54) is 6.92 Å². The number of hydrogen-bond acceptors (Lipinski definition) is 6. The molecule has 0 atom stereocenters. The van der Waals surface area contributed by atoms with Crippen LogP contribution in [-0.4, -0.2) is 42.7 Å². The first-order valence-corrected chi connectivity index (χ1v) is 6.32. The summed E-state index contributed by atoms with van der Waals surface area (Å²) in [6.07, 6.45) is 0.682. The van der Waals surface area contributed by atoms with Crippen LogP contribution < -0.4 is 6.15 Å². The van der Waals surface area contributed by atoms with E-state index in [1.807, 2.05) is 0 Å². The van der Waals surface area contributed by atoms with E-state index in [9.17, 15) is 4.79 Å². The SMILES string of the molecule is CO[Si](CCCOC(C)=O)(OC)OC.N. The van der Waals surface area contributed by atoms with Crippen LogP contribution in [0.1, 0.15) is 13.3 Å². The fourth-order valence-corrected chi connectivity index (χ4v) is 2.75. The van der Waals surface area contributed by atoms with Crippen LogP contribution in [0.5, 0.6) is 0 Å². The highest BCUT2D eigenvalue weighted by Crippen LogP contribution is 2.14. The Morgan fingerprint density at radius 2 is 1.60 bits per heavy atom. The summed E-state index contributed by atoms with van der Waals surface area (Å²) in [4.78, 5) is 10.5. The van der Waals surface area contributed by atoms with Crippen LogP contribution in [0, 0.1) is 0 Å². The van der Waals surface area contributed by atoms with Crippen molar-refractivity contribution in [1.29, 1.82) is 0 Å². The summed E-state index contributed by atoms with van der Waals surface area (Å²) in [5.41, 5.74) is 0. The number of carbonyl (C=O) groups excluding carboxylic acids is 1. The zero-order chi connectivity index (χ0) is 11.0. The first-order chi connectivity index (χ1) is 6.60. The maximum atomic E-state index is 10.5. The van der Waals surface area contributed by atoms with Gasteiger partial charge in [0.05, 0.1) is 6.61 Å². The third-order valence-electron chi connectivity index (χ3n) is 1.87. The van der Waals surface area contributed by atoms with Crippen molar-refractivity contribution in [2.75, 3.05) is 27.9 Å². The van der Waals surface area contributed by atoms with Crippen LogP contribution in [0.3, 0.4) is 0 Å². The average molecular weight is 239 g/mol. The summed E-state index contributed by atoms with van der Waals surface area (Å²) in [7, 11) is 2.20. The van der Waals surface area contributed by atoms with Gasteiger partial charge in [-0.15, -0.1) is 0 Å². The van der Waals surface area contributed by atoms with Gasteiger partial charge in [0.1, 0.15) is 0 Å². The summed E-state index contributed by atoms with van der Waals surface area (Å²) in [5, 5.41) is 0. The van der Waals surface area contributed by atoms with Crippen molar-refractivity contribution in [1.82, 2.24) is 6.15 Å². The molecule has 0 aromatic rings. The Balaban J connectivity index is 0. The third kappa shape index (κ3) is 6.58. The molecule has 0 fully saturated rings. The zero-order valence-electron chi connectivity index (χ0n) is 9.87. The van der Waals surface area contributed by atoms with Gasteiger partial charge in [0.2, 0.25) is 0 Å². The van der Waals surface area contributed by atoms with Crippen LogP contribution in [0.25, 0.3) is 0 Å². The van der Waals surface area contributed by atoms with Gasteiger partial charge in [0.15, 0.2) is 0 Å². The van der Waals surface area contributed by atoms with E-state index in [4.69, 9.17) is 18.0 Å². The summed E-state index contributed by atoms with van der Waals surface area (Å²) in [5.74, 6) is -0.274. The molecule has 0 aliphatic heterocycles. The van der Waals surface area contributed by atoms with Crippen molar-refractivity contribution in [3.63, 3.8) is 0 Å². The second-order valence-corrected chi connectivity index (χ2v) is 5.83. The van der Waals surface area contributed by atoms with Crippen molar-refractivity contribution < 1.29 is 22.8 Å². The van der Waals surface area contributed by atoms with E-state index in [2.05, 4.69) is 0 Å². The molecular weight excluding hydrogens is 218 g/mol. The van der Waals surface area contributed by atoms with Gasteiger partial charge in [-0.25, -0.2) is 0 Å². The molecule has 0 bridgehead atoms. The molecule has 0 aromatic carbocycles. The minimum Gasteiger partial charge on any atom is -0.466 e. The third-order valence-corrected chi connectivity index (χ3v) is 4.70. The Morgan fingerprint density at radius 1 is 1.13 bits per heavy atom. The average Bonchev–Trinajstić information content (AvgIpc) is 2.19. The number of hydrogen-bond donors (Lipinski definition) is 1. The normalized spacial score (nSPS) is 10.7. The number of rotatable bonds is 7. The molecule has 0 heterocycles. The van der Waals surface area contributed by atoms with Crippen LogP contribution in [0.2, 0.25) is 6.04 Å². The van der Waals surface area contributed by atoms with E-state index < -0.39 is 8.80 Å². The highest BCUT2D eigenvalue weighted by molar-refractivity contribution is 6.60. The van der Waals surface area contributed by atoms with Crippen molar-refractivity contribution >= 4 is 14.8 Å². The zero-order valence-corrected chi connectivity index (χ0v) is 10.9. The molecule has 3 N–H and O–H groups in total. The van der Waals surface area contributed by atoms with Gasteiger partial charge in [-0.3, -0.25) is 4.79 Å². The molecule has 0 rings (SSSR count). The highest BCUT2D eigenvalue weighted by atomic mass is 28.4. The lowest BCUT2D eigenvalue weighted by molar-refractivity contribution is -0.141. The molecular formula is C8H21NO5Si. The van der Waals surface area contributed by atoms with Gasteiger partial charge in [-0.05, 0) is 6.42 Å². The smallest absolute Gasteiger partial charge is 0.466 e. The number of ether oxygens (including phenoxy) is 1. The van der Waals surface area contributed by atoms with E-state index in [-0.39, 0.29) is 12.1 Å².